The molecule has 2 amide bonds. The summed E-state index contributed by atoms with van der Waals surface area (Å²) in [7, 11) is 0. The van der Waals surface area contributed by atoms with Crippen molar-refractivity contribution in [3.63, 3.8) is 0 Å². The zero-order chi connectivity index (χ0) is 9.45. The molecule has 2 bridgehead atoms. The summed E-state index contributed by atoms with van der Waals surface area (Å²) in [6.07, 6.45) is 5.59. The number of carbonyl (C=O) groups is 2. The molecule has 6 atom stereocenters. The average molecular weight is 189 g/mol. The molecule has 5 rings (SSSR count). The van der Waals surface area contributed by atoms with E-state index < -0.39 is 0 Å². The van der Waals surface area contributed by atoms with Gasteiger partial charge in [-0.2, -0.15) is 0 Å². The second kappa shape index (κ2) is 1.95. The van der Waals surface area contributed by atoms with Gasteiger partial charge < -0.3 is 0 Å². The Bertz CT molecular complexity index is 353. The zero-order valence-electron chi connectivity index (χ0n) is 7.64. The summed E-state index contributed by atoms with van der Waals surface area (Å²) in [5.41, 5.74) is 0. The van der Waals surface area contributed by atoms with Crippen molar-refractivity contribution in [2.75, 3.05) is 0 Å². The van der Waals surface area contributed by atoms with Gasteiger partial charge in [-0.1, -0.05) is 12.2 Å². The first kappa shape index (κ1) is 7.21. The van der Waals surface area contributed by atoms with Gasteiger partial charge in [-0.25, -0.2) is 0 Å². The van der Waals surface area contributed by atoms with Crippen LogP contribution in [0.15, 0.2) is 12.2 Å². The highest BCUT2D eigenvalue weighted by Gasteiger charge is 2.65. The molecular formula is C11H11NO2. The van der Waals surface area contributed by atoms with Crippen LogP contribution in [0.2, 0.25) is 0 Å². The minimum absolute atomic E-state index is 0.0234. The summed E-state index contributed by atoms with van der Waals surface area (Å²) < 4.78 is 0. The lowest BCUT2D eigenvalue weighted by Gasteiger charge is -2.37. The summed E-state index contributed by atoms with van der Waals surface area (Å²) >= 11 is 0. The Morgan fingerprint density at radius 3 is 2.00 bits per heavy atom. The fourth-order valence-electron chi connectivity index (χ4n) is 3.88. The quantitative estimate of drug-likeness (QED) is 0.441. The second-order valence-electron chi connectivity index (χ2n) is 5.01. The molecule has 72 valence electrons. The lowest BCUT2D eigenvalue weighted by Crippen LogP contribution is -2.40. The Hall–Kier alpha value is -1.12. The molecule has 1 N–H and O–H groups in total. The third-order valence-corrected chi connectivity index (χ3v) is 4.50. The minimum atomic E-state index is -0.0266. The Morgan fingerprint density at radius 1 is 1.00 bits per heavy atom. The molecule has 1 saturated heterocycles. The van der Waals surface area contributed by atoms with Gasteiger partial charge in [0.1, 0.15) is 0 Å². The molecule has 0 unspecified atom stereocenters. The lowest BCUT2D eigenvalue weighted by atomic mass is 9.63. The van der Waals surface area contributed by atoms with Crippen molar-refractivity contribution in [2.24, 2.45) is 35.5 Å². The van der Waals surface area contributed by atoms with Gasteiger partial charge in [-0.3, -0.25) is 14.9 Å². The first-order valence-corrected chi connectivity index (χ1v) is 5.30. The van der Waals surface area contributed by atoms with Gasteiger partial charge in [-0.15, -0.1) is 0 Å². The van der Waals surface area contributed by atoms with Gasteiger partial charge >= 0.3 is 0 Å². The monoisotopic (exact) mass is 189 g/mol. The number of hydrogen-bond donors (Lipinski definition) is 1. The maximum atomic E-state index is 11.6. The highest BCUT2D eigenvalue weighted by atomic mass is 16.2. The normalized spacial score (nSPS) is 56.9. The largest absolute Gasteiger partial charge is 0.296 e. The molecule has 0 radical (unpaired) electrons. The fraction of sp³-hybridized carbons (Fsp3) is 0.636. The van der Waals surface area contributed by atoms with Crippen molar-refractivity contribution in [1.29, 1.82) is 0 Å². The van der Waals surface area contributed by atoms with Gasteiger partial charge in [-0.05, 0) is 30.1 Å². The van der Waals surface area contributed by atoms with Crippen LogP contribution in [-0.4, -0.2) is 11.8 Å². The third kappa shape index (κ3) is 0.606. The van der Waals surface area contributed by atoms with E-state index in [4.69, 9.17) is 0 Å². The van der Waals surface area contributed by atoms with E-state index >= 15 is 0 Å². The number of nitrogens with one attached hydrogen (secondary N) is 1. The molecule has 1 heterocycles. The van der Waals surface area contributed by atoms with Crippen molar-refractivity contribution in [3.05, 3.63) is 12.2 Å². The minimum Gasteiger partial charge on any atom is -0.296 e. The van der Waals surface area contributed by atoms with Gasteiger partial charge in [0.25, 0.3) is 0 Å². The van der Waals surface area contributed by atoms with Crippen LogP contribution in [0.1, 0.15) is 6.42 Å². The molecular weight excluding hydrogens is 178 g/mol. The maximum Gasteiger partial charge on any atom is 0.231 e. The molecule has 14 heavy (non-hydrogen) atoms. The predicted octanol–water partition coefficient (Wildman–Crippen LogP) is 0.327. The average Bonchev–Trinajstić information content (AvgIpc) is 2.92. The third-order valence-electron chi connectivity index (χ3n) is 4.50. The number of rotatable bonds is 0. The fourth-order valence-corrected chi connectivity index (χ4v) is 3.88. The summed E-state index contributed by atoms with van der Waals surface area (Å²) in [4.78, 5) is 23.2. The van der Waals surface area contributed by atoms with Gasteiger partial charge in [0, 0.05) is 0 Å². The summed E-state index contributed by atoms with van der Waals surface area (Å²) in [6.45, 7) is 0. The Morgan fingerprint density at radius 2 is 1.50 bits per heavy atom. The number of hydrogen-bond acceptors (Lipinski definition) is 2. The molecule has 0 aromatic carbocycles. The van der Waals surface area contributed by atoms with Crippen LogP contribution in [0.3, 0.4) is 0 Å². The maximum absolute atomic E-state index is 11.6. The van der Waals surface area contributed by atoms with E-state index in [9.17, 15) is 9.59 Å². The first-order chi connectivity index (χ1) is 6.77. The van der Waals surface area contributed by atoms with Crippen molar-refractivity contribution < 1.29 is 9.59 Å². The molecule has 3 fully saturated rings. The van der Waals surface area contributed by atoms with Crippen molar-refractivity contribution in [3.8, 4) is 0 Å². The van der Waals surface area contributed by atoms with E-state index in [1.165, 1.54) is 6.42 Å². The first-order valence-electron chi connectivity index (χ1n) is 5.30. The number of allylic oxidation sites excluding steroid dienone is 2. The molecule has 3 heteroatoms. The van der Waals surface area contributed by atoms with Crippen molar-refractivity contribution >= 4 is 11.8 Å². The van der Waals surface area contributed by atoms with E-state index in [-0.39, 0.29) is 23.7 Å². The topological polar surface area (TPSA) is 46.2 Å². The molecule has 3 nitrogen and oxygen atoms in total. The zero-order valence-corrected chi connectivity index (χ0v) is 7.64. The number of carbonyl (C=O) groups excluding carboxylic acids is 2. The highest BCUT2D eigenvalue weighted by molar-refractivity contribution is 6.06. The number of imide groups is 1. The molecule has 2 saturated carbocycles. The summed E-state index contributed by atoms with van der Waals surface area (Å²) in [5.74, 6) is 2.05. The van der Waals surface area contributed by atoms with Gasteiger partial charge in [0.15, 0.2) is 0 Å². The molecule has 0 aromatic rings. The molecule has 4 aliphatic carbocycles. The van der Waals surface area contributed by atoms with E-state index in [2.05, 4.69) is 17.5 Å². The second-order valence-corrected chi connectivity index (χ2v) is 5.01. The summed E-state index contributed by atoms with van der Waals surface area (Å²) in [6, 6.07) is 0. The van der Waals surface area contributed by atoms with Crippen LogP contribution < -0.4 is 5.32 Å². The van der Waals surface area contributed by atoms with E-state index in [1.807, 2.05) is 0 Å². The number of amides is 2. The van der Waals surface area contributed by atoms with E-state index in [1.54, 1.807) is 0 Å². The van der Waals surface area contributed by atoms with Gasteiger partial charge in [0.2, 0.25) is 11.8 Å². The lowest BCUT2D eigenvalue weighted by molar-refractivity contribution is -0.126. The SMILES string of the molecule is O=C1NC(=O)[C@H]2[C@H]3C=C[C@@H]([C@@H]4C[C@@H]34)[C@@H]12. The Kier molecular flexibility index (Phi) is 1.00. The van der Waals surface area contributed by atoms with Crippen LogP contribution in [0.25, 0.3) is 0 Å². The predicted molar refractivity (Wildman–Crippen MR) is 47.8 cm³/mol. The Balaban J connectivity index is 1.88. The van der Waals surface area contributed by atoms with Crippen LogP contribution >= 0.6 is 0 Å². The standard InChI is InChI=1S/C11H11NO2/c13-10-8-4-1-2-5(7-3-6(4)7)9(8)11(14)12-10/h1-2,4-9H,3H2,(H,12,13,14)/t4-,5-,6-,7-,8-,9+/m0/s1. The summed E-state index contributed by atoms with van der Waals surface area (Å²) in [5, 5.41) is 2.48. The molecule has 5 aliphatic rings. The van der Waals surface area contributed by atoms with Crippen LogP contribution in [0, 0.1) is 35.5 Å². The molecule has 0 spiro atoms. The van der Waals surface area contributed by atoms with E-state index in [0.29, 0.717) is 23.7 Å². The van der Waals surface area contributed by atoms with E-state index in [0.717, 1.165) is 0 Å². The molecule has 0 aromatic heterocycles. The van der Waals surface area contributed by atoms with Crippen molar-refractivity contribution in [2.45, 2.75) is 6.42 Å². The van der Waals surface area contributed by atoms with Gasteiger partial charge in [0.05, 0.1) is 11.8 Å². The Labute approximate surface area is 81.5 Å². The van der Waals surface area contributed by atoms with Crippen LogP contribution in [0.4, 0.5) is 0 Å². The van der Waals surface area contributed by atoms with Crippen LogP contribution in [0.5, 0.6) is 0 Å². The molecule has 1 aliphatic heterocycles. The smallest absolute Gasteiger partial charge is 0.231 e. The highest BCUT2D eigenvalue weighted by Crippen LogP contribution is 2.64. The van der Waals surface area contributed by atoms with Crippen molar-refractivity contribution in [1.82, 2.24) is 5.32 Å². The van der Waals surface area contributed by atoms with Crippen LogP contribution in [-0.2, 0) is 9.59 Å².